The zero-order valence-electron chi connectivity index (χ0n) is 12.9. The van der Waals surface area contributed by atoms with E-state index in [2.05, 4.69) is 5.32 Å². The highest BCUT2D eigenvalue weighted by Crippen LogP contribution is 2.38. The summed E-state index contributed by atoms with van der Waals surface area (Å²) >= 11 is 0.952. The van der Waals surface area contributed by atoms with E-state index in [0.717, 1.165) is 36.1 Å². The fourth-order valence-corrected chi connectivity index (χ4v) is 3.32. The SMILES string of the molecule is N=c1ccc(O[C@@H]2CC[C@H](NC(N)=O)c3ccccc32)cn1SN. The molecule has 2 atom stereocenters. The van der Waals surface area contributed by atoms with Crippen molar-refractivity contribution in [3.05, 3.63) is 59.2 Å². The average molecular weight is 345 g/mol. The molecule has 3 rings (SSSR count). The number of carbonyl (C=O) groups excluding carboxylic acids is 1. The molecule has 0 bridgehead atoms. The van der Waals surface area contributed by atoms with Crippen LogP contribution in [-0.2, 0) is 0 Å². The lowest BCUT2D eigenvalue weighted by Crippen LogP contribution is -2.36. The number of hydrogen-bond donors (Lipinski definition) is 4. The minimum atomic E-state index is -0.527. The van der Waals surface area contributed by atoms with Gasteiger partial charge in [0.05, 0.1) is 12.2 Å². The number of benzene rings is 1. The van der Waals surface area contributed by atoms with Gasteiger partial charge in [0, 0.05) is 12.1 Å². The van der Waals surface area contributed by atoms with Crippen LogP contribution in [-0.4, -0.2) is 10.0 Å². The lowest BCUT2D eigenvalue weighted by atomic mass is 9.85. The van der Waals surface area contributed by atoms with Gasteiger partial charge in [-0.25, -0.2) is 4.79 Å². The number of carbonyl (C=O) groups is 1. The first-order valence-corrected chi connectivity index (χ1v) is 8.38. The van der Waals surface area contributed by atoms with Crippen LogP contribution >= 0.6 is 12.1 Å². The number of pyridine rings is 1. The minimum Gasteiger partial charge on any atom is -0.484 e. The Balaban J connectivity index is 1.87. The summed E-state index contributed by atoms with van der Waals surface area (Å²) in [5.74, 6) is 0.644. The largest absolute Gasteiger partial charge is 0.484 e. The standard InChI is InChI=1S/C16H19N5O2S/c17-15-8-5-10(9-21(15)24-19)23-14-7-6-13(20-16(18)22)11-3-1-2-4-12(11)14/h1-5,8-9,13-14,17H,6-7,19H2,(H3,18,20,22)/t13-,14+/m0/s1. The molecule has 0 aliphatic heterocycles. The molecule has 0 saturated heterocycles. The lowest BCUT2D eigenvalue weighted by Gasteiger charge is -2.32. The van der Waals surface area contributed by atoms with Gasteiger partial charge in [0.2, 0.25) is 0 Å². The van der Waals surface area contributed by atoms with Crippen LogP contribution in [0.15, 0.2) is 42.6 Å². The van der Waals surface area contributed by atoms with Crippen molar-refractivity contribution < 1.29 is 9.53 Å². The van der Waals surface area contributed by atoms with Gasteiger partial charge < -0.3 is 15.8 Å². The number of aromatic nitrogens is 1. The van der Waals surface area contributed by atoms with Gasteiger partial charge in [0.1, 0.15) is 17.3 Å². The van der Waals surface area contributed by atoms with Crippen molar-refractivity contribution in [1.29, 1.82) is 5.41 Å². The number of fused-ring (bicyclic) bond motifs is 1. The molecule has 8 heteroatoms. The van der Waals surface area contributed by atoms with Crippen molar-refractivity contribution in [2.45, 2.75) is 25.0 Å². The summed E-state index contributed by atoms with van der Waals surface area (Å²) in [4.78, 5) is 11.2. The molecule has 0 fully saturated rings. The molecule has 24 heavy (non-hydrogen) atoms. The van der Waals surface area contributed by atoms with E-state index in [1.807, 2.05) is 24.3 Å². The van der Waals surface area contributed by atoms with Crippen LogP contribution in [0.5, 0.6) is 5.75 Å². The summed E-state index contributed by atoms with van der Waals surface area (Å²) in [5.41, 5.74) is 7.62. The van der Waals surface area contributed by atoms with E-state index in [4.69, 9.17) is 21.0 Å². The minimum absolute atomic E-state index is 0.0984. The van der Waals surface area contributed by atoms with Gasteiger partial charge in [0.15, 0.2) is 0 Å². The summed E-state index contributed by atoms with van der Waals surface area (Å²) < 4.78 is 7.64. The number of amides is 2. The molecule has 1 aliphatic carbocycles. The number of ether oxygens (including phenoxy) is 1. The van der Waals surface area contributed by atoms with Gasteiger partial charge in [-0.3, -0.25) is 14.5 Å². The molecule has 6 N–H and O–H groups in total. The monoisotopic (exact) mass is 345 g/mol. The quantitative estimate of drug-likeness (QED) is 0.633. The Bertz CT molecular complexity index is 807. The number of rotatable bonds is 4. The first kappa shape index (κ1) is 16.4. The predicted octanol–water partition coefficient (Wildman–Crippen LogP) is 1.96. The van der Waals surface area contributed by atoms with Crippen LogP contribution in [0.25, 0.3) is 0 Å². The lowest BCUT2D eigenvalue weighted by molar-refractivity contribution is 0.171. The molecule has 7 nitrogen and oxygen atoms in total. The van der Waals surface area contributed by atoms with E-state index in [1.165, 1.54) is 3.97 Å². The number of primary amides is 1. The number of hydrogen-bond acceptors (Lipinski definition) is 5. The second kappa shape index (κ2) is 6.98. The van der Waals surface area contributed by atoms with Crippen molar-refractivity contribution in [3.63, 3.8) is 0 Å². The highest BCUT2D eigenvalue weighted by Gasteiger charge is 2.28. The van der Waals surface area contributed by atoms with Crippen molar-refractivity contribution >= 4 is 18.2 Å². The maximum Gasteiger partial charge on any atom is 0.312 e. The topological polar surface area (TPSA) is 119 Å². The maximum atomic E-state index is 11.2. The Morgan fingerprint density at radius 2 is 2.00 bits per heavy atom. The van der Waals surface area contributed by atoms with Gasteiger partial charge in [-0.1, -0.05) is 24.3 Å². The van der Waals surface area contributed by atoms with E-state index in [-0.39, 0.29) is 12.1 Å². The van der Waals surface area contributed by atoms with E-state index < -0.39 is 6.03 Å². The predicted molar refractivity (Wildman–Crippen MR) is 92.0 cm³/mol. The fourth-order valence-electron chi connectivity index (χ4n) is 2.98. The van der Waals surface area contributed by atoms with Crippen LogP contribution < -0.4 is 26.4 Å². The van der Waals surface area contributed by atoms with Gasteiger partial charge in [-0.15, -0.1) is 0 Å². The van der Waals surface area contributed by atoms with Crippen LogP contribution in [0, 0.1) is 5.41 Å². The molecule has 2 aromatic rings. The van der Waals surface area contributed by atoms with E-state index in [1.54, 1.807) is 18.3 Å². The Morgan fingerprint density at radius 1 is 1.25 bits per heavy atom. The van der Waals surface area contributed by atoms with Gasteiger partial charge in [0.25, 0.3) is 0 Å². The number of nitrogens with two attached hydrogens (primary N) is 2. The Kier molecular flexibility index (Phi) is 4.77. The van der Waals surface area contributed by atoms with Crippen molar-refractivity contribution in [3.8, 4) is 5.75 Å². The zero-order valence-corrected chi connectivity index (χ0v) is 13.8. The van der Waals surface area contributed by atoms with E-state index in [9.17, 15) is 4.79 Å². The van der Waals surface area contributed by atoms with Gasteiger partial charge in [-0.05, 0) is 36.1 Å². The molecule has 1 aliphatic rings. The van der Waals surface area contributed by atoms with Crippen molar-refractivity contribution in [1.82, 2.24) is 9.29 Å². The molecular formula is C16H19N5O2S. The molecule has 1 aromatic carbocycles. The van der Waals surface area contributed by atoms with Gasteiger partial charge in [-0.2, -0.15) is 0 Å². The third-order valence-electron chi connectivity index (χ3n) is 4.03. The number of nitrogens with one attached hydrogen (secondary N) is 2. The van der Waals surface area contributed by atoms with Crippen LogP contribution in [0.2, 0.25) is 0 Å². The molecule has 0 spiro atoms. The highest BCUT2D eigenvalue weighted by atomic mass is 32.2. The average Bonchev–Trinajstić information content (AvgIpc) is 2.58. The second-order valence-electron chi connectivity index (χ2n) is 5.56. The Labute approximate surface area is 143 Å². The van der Waals surface area contributed by atoms with Crippen LogP contribution in [0.3, 0.4) is 0 Å². The summed E-state index contributed by atoms with van der Waals surface area (Å²) in [6.45, 7) is 0. The molecule has 0 unspecified atom stereocenters. The summed E-state index contributed by atoms with van der Waals surface area (Å²) in [5, 5.41) is 16.1. The molecule has 1 aromatic heterocycles. The zero-order chi connectivity index (χ0) is 17.1. The van der Waals surface area contributed by atoms with E-state index >= 15 is 0 Å². The molecule has 126 valence electrons. The van der Waals surface area contributed by atoms with Crippen LogP contribution in [0.1, 0.15) is 36.1 Å². The molecule has 2 amide bonds. The molecule has 0 saturated carbocycles. The number of urea groups is 1. The summed E-state index contributed by atoms with van der Waals surface area (Å²) in [6.07, 6.45) is 3.07. The maximum absolute atomic E-state index is 11.2. The smallest absolute Gasteiger partial charge is 0.312 e. The van der Waals surface area contributed by atoms with Crippen LogP contribution in [0.4, 0.5) is 4.79 Å². The van der Waals surface area contributed by atoms with Gasteiger partial charge >= 0.3 is 6.03 Å². The summed E-state index contributed by atoms with van der Waals surface area (Å²) in [6, 6.07) is 10.6. The van der Waals surface area contributed by atoms with E-state index in [0.29, 0.717) is 11.2 Å². The fraction of sp³-hybridized carbons (Fsp3) is 0.250. The summed E-state index contributed by atoms with van der Waals surface area (Å²) in [7, 11) is 0. The van der Waals surface area contributed by atoms with Crippen molar-refractivity contribution in [2.75, 3.05) is 0 Å². The second-order valence-corrected chi connectivity index (χ2v) is 6.16. The third kappa shape index (κ3) is 3.39. The Morgan fingerprint density at radius 3 is 2.71 bits per heavy atom. The van der Waals surface area contributed by atoms with Crippen molar-refractivity contribution in [2.24, 2.45) is 10.9 Å². The first-order valence-electron chi connectivity index (χ1n) is 7.54. The molecular weight excluding hydrogens is 326 g/mol. The molecule has 1 heterocycles. The Hall–Kier alpha value is -2.45. The highest BCUT2D eigenvalue weighted by molar-refractivity contribution is 7.95. The molecule has 0 radical (unpaired) electrons. The number of nitrogens with zero attached hydrogens (tertiary/aromatic N) is 1. The normalized spacial score (nSPS) is 19.4. The first-order chi connectivity index (χ1) is 11.6. The third-order valence-corrected chi connectivity index (χ3v) is 4.56.